The Kier molecular flexibility index (Phi) is 5.56. The van der Waals surface area contributed by atoms with Gasteiger partial charge in [-0.2, -0.15) is 0 Å². The van der Waals surface area contributed by atoms with Gasteiger partial charge in [0.2, 0.25) is 11.0 Å². The molecule has 1 amide bonds. The Labute approximate surface area is 153 Å². The molecule has 2 heterocycles. The molecule has 0 saturated carbocycles. The highest BCUT2D eigenvalue weighted by molar-refractivity contribution is 7.99. The van der Waals surface area contributed by atoms with Gasteiger partial charge in [0, 0.05) is 12.1 Å². The first kappa shape index (κ1) is 17.3. The number of aryl methyl sites for hydroxylation is 1. The van der Waals surface area contributed by atoms with Crippen molar-refractivity contribution in [2.75, 3.05) is 11.1 Å². The van der Waals surface area contributed by atoms with E-state index in [0.717, 1.165) is 11.4 Å². The lowest BCUT2D eigenvalue weighted by atomic mass is 10.1. The van der Waals surface area contributed by atoms with Gasteiger partial charge < -0.3 is 0 Å². The lowest BCUT2D eigenvalue weighted by Crippen LogP contribution is -2.14. The number of anilines is 1. The van der Waals surface area contributed by atoms with E-state index in [0.29, 0.717) is 16.8 Å². The third-order valence-corrected chi connectivity index (χ3v) is 4.85. The Bertz CT molecular complexity index is 857. The van der Waals surface area contributed by atoms with Gasteiger partial charge in [-0.1, -0.05) is 59.0 Å². The van der Waals surface area contributed by atoms with Crippen molar-refractivity contribution in [3.8, 4) is 11.4 Å². The minimum Gasteiger partial charge on any atom is -0.300 e. The van der Waals surface area contributed by atoms with Crippen LogP contribution < -0.4 is 5.32 Å². The Morgan fingerprint density at radius 3 is 2.80 bits per heavy atom. The molecule has 0 radical (unpaired) electrons. The molecule has 0 unspecified atom stereocenters. The normalized spacial score (nSPS) is 10.6. The van der Waals surface area contributed by atoms with Gasteiger partial charge in [0.05, 0.1) is 5.75 Å². The van der Waals surface area contributed by atoms with E-state index in [4.69, 9.17) is 0 Å². The summed E-state index contributed by atoms with van der Waals surface area (Å²) in [6.07, 6.45) is 1.78. The van der Waals surface area contributed by atoms with Crippen LogP contribution in [-0.4, -0.2) is 36.6 Å². The third-order valence-electron chi connectivity index (χ3n) is 3.28. The topological polar surface area (TPSA) is 85.6 Å². The lowest BCUT2D eigenvalue weighted by molar-refractivity contribution is -0.113. The summed E-state index contributed by atoms with van der Waals surface area (Å²) in [6, 6.07) is 8.08. The van der Waals surface area contributed by atoms with Crippen molar-refractivity contribution in [1.29, 1.82) is 0 Å². The summed E-state index contributed by atoms with van der Waals surface area (Å²) >= 11 is 2.60. The van der Waals surface area contributed by atoms with E-state index in [2.05, 4.69) is 32.3 Å². The van der Waals surface area contributed by atoms with Crippen LogP contribution in [0, 0.1) is 6.92 Å². The van der Waals surface area contributed by atoms with Gasteiger partial charge in [-0.15, -0.1) is 27.0 Å². The molecule has 1 aromatic carbocycles. The summed E-state index contributed by atoms with van der Waals surface area (Å²) in [7, 11) is 0. The molecule has 0 aliphatic carbocycles. The molecule has 0 aliphatic heterocycles. The van der Waals surface area contributed by atoms with Crippen LogP contribution in [0.2, 0.25) is 0 Å². The molecule has 0 bridgehead atoms. The van der Waals surface area contributed by atoms with E-state index in [9.17, 15) is 4.79 Å². The number of benzene rings is 1. The molecule has 3 aromatic rings. The van der Waals surface area contributed by atoms with Crippen molar-refractivity contribution >= 4 is 34.1 Å². The molecule has 0 saturated heterocycles. The summed E-state index contributed by atoms with van der Waals surface area (Å²) in [6.45, 7) is 6.40. The summed E-state index contributed by atoms with van der Waals surface area (Å²) < 4.78 is 1.95. The van der Waals surface area contributed by atoms with Crippen LogP contribution >= 0.6 is 23.1 Å². The summed E-state index contributed by atoms with van der Waals surface area (Å²) in [5, 5.41) is 19.8. The maximum Gasteiger partial charge on any atom is 0.236 e. The van der Waals surface area contributed by atoms with Crippen LogP contribution in [0.15, 0.2) is 47.6 Å². The molecule has 128 valence electrons. The van der Waals surface area contributed by atoms with E-state index in [1.807, 2.05) is 35.8 Å². The number of nitrogens with zero attached hydrogens (tertiary/aromatic N) is 5. The highest BCUT2D eigenvalue weighted by atomic mass is 32.2. The number of hydrogen-bond acceptors (Lipinski definition) is 7. The van der Waals surface area contributed by atoms with E-state index < -0.39 is 0 Å². The van der Waals surface area contributed by atoms with Gasteiger partial charge in [-0.3, -0.25) is 14.7 Å². The molecule has 9 heteroatoms. The zero-order valence-corrected chi connectivity index (χ0v) is 15.2. The van der Waals surface area contributed by atoms with E-state index >= 15 is 0 Å². The second-order valence-corrected chi connectivity index (χ2v) is 6.93. The van der Waals surface area contributed by atoms with Crippen LogP contribution in [0.3, 0.4) is 0 Å². The Morgan fingerprint density at radius 2 is 2.12 bits per heavy atom. The van der Waals surface area contributed by atoms with Crippen molar-refractivity contribution in [3.05, 3.63) is 48.0 Å². The van der Waals surface area contributed by atoms with Gasteiger partial charge in [0.15, 0.2) is 11.0 Å². The largest absolute Gasteiger partial charge is 0.300 e. The molecule has 7 nitrogen and oxygen atoms in total. The number of carbonyl (C=O) groups excluding carboxylic acids is 1. The van der Waals surface area contributed by atoms with Crippen LogP contribution in [0.25, 0.3) is 11.4 Å². The number of hydrogen-bond donors (Lipinski definition) is 1. The number of nitrogens with one attached hydrogen (secondary N) is 1. The fourth-order valence-electron chi connectivity index (χ4n) is 2.12. The molecule has 25 heavy (non-hydrogen) atoms. The van der Waals surface area contributed by atoms with Crippen LogP contribution in [-0.2, 0) is 11.3 Å². The minimum atomic E-state index is -0.160. The predicted octanol–water partition coefficient (Wildman–Crippen LogP) is 3.02. The molecule has 2 aromatic heterocycles. The first-order chi connectivity index (χ1) is 12.2. The van der Waals surface area contributed by atoms with Crippen LogP contribution in [0.1, 0.15) is 5.56 Å². The quantitative estimate of drug-likeness (QED) is 0.507. The van der Waals surface area contributed by atoms with Gasteiger partial charge in [0.25, 0.3) is 0 Å². The molecular weight excluding hydrogens is 356 g/mol. The number of aromatic nitrogens is 5. The van der Waals surface area contributed by atoms with E-state index in [1.54, 1.807) is 11.6 Å². The third kappa shape index (κ3) is 4.31. The number of rotatable bonds is 7. The fourth-order valence-corrected chi connectivity index (χ4v) is 3.33. The molecule has 0 spiro atoms. The van der Waals surface area contributed by atoms with E-state index in [1.165, 1.54) is 28.7 Å². The van der Waals surface area contributed by atoms with Gasteiger partial charge >= 0.3 is 0 Å². The molecule has 1 N–H and O–H groups in total. The second kappa shape index (κ2) is 8.04. The van der Waals surface area contributed by atoms with Crippen molar-refractivity contribution in [1.82, 2.24) is 25.0 Å². The van der Waals surface area contributed by atoms with Crippen molar-refractivity contribution in [2.45, 2.75) is 18.6 Å². The molecule has 3 rings (SSSR count). The monoisotopic (exact) mass is 372 g/mol. The minimum absolute atomic E-state index is 0.160. The summed E-state index contributed by atoms with van der Waals surface area (Å²) in [5.41, 5.74) is 3.73. The second-order valence-electron chi connectivity index (χ2n) is 5.15. The van der Waals surface area contributed by atoms with E-state index in [-0.39, 0.29) is 11.7 Å². The zero-order valence-electron chi connectivity index (χ0n) is 13.5. The number of allylic oxidation sites excluding steroid dienone is 1. The maximum absolute atomic E-state index is 12.0. The average Bonchev–Trinajstić information content (AvgIpc) is 3.24. The zero-order chi connectivity index (χ0) is 17.6. The van der Waals surface area contributed by atoms with Crippen molar-refractivity contribution < 1.29 is 4.79 Å². The van der Waals surface area contributed by atoms with Crippen LogP contribution in [0.5, 0.6) is 0 Å². The first-order valence-electron chi connectivity index (χ1n) is 7.47. The van der Waals surface area contributed by atoms with Gasteiger partial charge in [-0.25, -0.2) is 0 Å². The average molecular weight is 372 g/mol. The SMILES string of the molecule is C=CCn1c(SCC(=O)Nc2nncs2)nnc1-c1ccc(C)cc1. The highest BCUT2D eigenvalue weighted by Crippen LogP contribution is 2.24. The molecule has 0 fully saturated rings. The number of carbonyl (C=O) groups is 1. The summed E-state index contributed by atoms with van der Waals surface area (Å²) in [5.74, 6) is 0.807. The predicted molar refractivity (Wildman–Crippen MR) is 99.7 cm³/mol. The Morgan fingerprint density at radius 1 is 1.32 bits per heavy atom. The Balaban J connectivity index is 1.73. The lowest BCUT2D eigenvalue weighted by Gasteiger charge is -2.08. The highest BCUT2D eigenvalue weighted by Gasteiger charge is 2.15. The van der Waals surface area contributed by atoms with Crippen LogP contribution in [0.4, 0.5) is 5.13 Å². The number of thioether (sulfide) groups is 1. The van der Waals surface area contributed by atoms with Crippen molar-refractivity contribution in [2.24, 2.45) is 0 Å². The maximum atomic E-state index is 12.0. The summed E-state index contributed by atoms with van der Waals surface area (Å²) in [4.78, 5) is 12.0. The fraction of sp³-hybridized carbons (Fsp3) is 0.188. The molecular formula is C16H16N6OS2. The van der Waals surface area contributed by atoms with Gasteiger partial charge in [0.1, 0.15) is 5.51 Å². The number of amides is 1. The smallest absolute Gasteiger partial charge is 0.236 e. The first-order valence-corrected chi connectivity index (χ1v) is 9.34. The molecule has 0 atom stereocenters. The Hall–Kier alpha value is -2.52. The standard InChI is InChI=1S/C16H16N6OS2/c1-3-8-22-14(12-6-4-11(2)5-7-12)19-21-16(22)24-9-13(23)18-15-20-17-10-25-15/h3-7,10H,1,8-9H2,2H3,(H,18,20,23). The molecule has 0 aliphatic rings. The van der Waals surface area contributed by atoms with Crippen molar-refractivity contribution in [3.63, 3.8) is 0 Å². The van der Waals surface area contributed by atoms with Gasteiger partial charge in [-0.05, 0) is 6.92 Å².